The van der Waals surface area contributed by atoms with Crippen LogP contribution in [0.4, 0.5) is 0 Å². The first-order valence-corrected chi connectivity index (χ1v) is 4.81. The molecule has 0 atom stereocenters. The Bertz CT molecular complexity index is 356. The number of thiazole rings is 1. The SMILES string of the molecule is O=P#CCNC(=O)c1cscn1. The van der Waals surface area contributed by atoms with E-state index in [9.17, 15) is 9.36 Å². The van der Waals surface area contributed by atoms with E-state index < -0.39 is 0 Å². The van der Waals surface area contributed by atoms with Gasteiger partial charge in [-0.3, -0.25) is 0 Å². The first-order chi connectivity index (χ1) is 5.84. The maximum absolute atomic E-state index is 11.1. The fraction of sp³-hybridized carbons (Fsp3) is 0.167. The summed E-state index contributed by atoms with van der Waals surface area (Å²) < 4.78 is 9.89. The molecule has 0 fully saturated rings. The van der Waals surface area contributed by atoms with Crippen molar-refractivity contribution in [1.82, 2.24) is 10.3 Å². The van der Waals surface area contributed by atoms with Crippen LogP contribution in [-0.2, 0) is 4.57 Å². The van der Waals surface area contributed by atoms with Gasteiger partial charge in [0.1, 0.15) is 0 Å². The zero-order valence-electron chi connectivity index (χ0n) is 5.98. The molecule has 1 amide bonds. The second-order valence-corrected chi connectivity index (χ2v) is 3.02. The number of rotatable bonds is 2. The zero-order chi connectivity index (χ0) is 8.81. The van der Waals surface area contributed by atoms with E-state index in [2.05, 4.69) is 15.9 Å². The van der Waals surface area contributed by atoms with E-state index in [0.29, 0.717) is 5.69 Å². The predicted molar refractivity (Wildman–Crippen MR) is 45.9 cm³/mol. The van der Waals surface area contributed by atoms with Crippen molar-refractivity contribution in [3.63, 3.8) is 0 Å². The minimum absolute atomic E-state index is 0.168. The van der Waals surface area contributed by atoms with Gasteiger partial charge in [-0.25, -0.2) is 0 Å². The quantitative estimate of drug-likeness (QED) is 0.728. The summed E-state index contributed by atoms with van der Waals surface area (Å²) in [6, 6.07) is 0. The number of nitrogens with zero attached hydrogens (tertiary/aromatic N) is 1. The van der Waals surface area contributed by atoms with Crippen LogP contribution in [0.2, 0.25) is 0 Å². The van der Waals surface area contributed by atoms with Gasteiger partial charge >= 0.3 is 73.6 Å². The van der Waals surface area contributed by atoms with E-state index >= 15 is 0 Å². The van der Waals surface area contributed by atoms with Crippen LogP contribution in [-0.4, -0.2) is 17.4 Å². The minimum atomic E-state index is -0.271. The molecule has 1 rings (SSSR count). The van der Waals surface area contributed by atoms with Gasteiger partial charge in [0.05, 0.1) is 0 Å². The summed E-state index contributed by atoms with van der Waals surface area (Å²) in [6.45, 7) is 0.168. The van der Waals surface area contributed by atoms with E-state index in [4.69, 9.17) is 0 Å². The summed E-state index contributed by atoms with van der Waals surface area (Å²) in [7, 11) is -0.201. The van der Waals surface area contributed by atoms with E-state index in [0.717, 1.165) is 0 Å². The van der Waals surface area contributed by atoms with Gasteiger partial charge in [0.15, 0.2) is 0 Å². The molecule has 0 saturated heterocycles. The summed E-state index contributed by atoms with van der Waals surface area (Å²) in [6.07, 6.45) is 0. The second-order valence-electron chi connectivity index (χ2n) is 1.81. The Morgan fingerprint density at radius 1 is 1.83 bits per heavy atom. The molecule has 0 aliphatic carbocycles. The molecule has 0 aliphatic heterocycles. The van der Waals surface area contributed by atoms with Gasteiger partial charge in [0, 0.05) is 0 Å². The van der Waals surface area contributed by atoms with E-state index in [1.54, 1.807) is 10.9 Å². The van der Waals surface area contributed by atoms with Crippen molar-refractivity contribution in [2.75, 3.05) is 6.54 Å². The van der Waals surface area contributed by atoms with Gasteiger partial charge in [0.25, 0.3) is 0 Å². The third kappa shape index (κ3) is 2.62. The summed E-state index contributed by atoms with van der Waals surface area (Å²) in [4.78, 5) is 14.9. The Morgan fingerprint density at radius 2 is 2.67 bits per heavy atom. The number of hydrogen-bond acceptors (Lipinski definition) is 4. The molecule has 0 spiro atoms. The van der Waals surface area contributed by atoms with Crippen molar-refractivity contribution >= 4 is 25.2 Å². The van der Waals surface area contributed by atoms with Crippen LogP contribution < -0.4 is 5.32 Å². The second kappa shape index (κ2) is 4.88. The average molecular weight is 200 g/mol. The number of amides is 1. The average Bonchev–Trinajstić information content (AvgIpc) is 2.56. The predicted octanol–water partition coefficient (Wildman–Crippen LogP) is 1.12. The molecule has 4 nitrogen and oxygen atoms in total. The molecule has 1 heterocycles. The number of aromatic nitrogens is 1. The molecule has 62 valence electrons. The van der Waals surface area contributed by atoms with Crippen LogP contribution in [0.1, 0.15) is 10.5 Å². The van der Waals surface area contributed by atoms with Crippen molar-refractivity contribution in [2.24, 2.45) is 0 Å². The number of hydrogen-bond donors (Lipinski definition) is 1. The Balaban J connectivity index is 2.48. The third-order valence-electron chi connectivity index (χ3n) is 1.06. The summed E-state index contributed by atoms with van der Waals surface area (Å²) in [5.74, 6) is -0.271. The normalized spacial score (nSPS) is 8.67. The van der Waals surface area contributed by atoms with Crippen LogP contribution in [0.3, 0.4) is 0 Å². The van der Waals surface area contributed by atoms with Crippen molar-refractivity contribution in [2.45, 2.75) is 0 Å². The Morgan fingerprint density at radius 3 is 3.25 bits per heavy atom. The molecule has 0 unspecified atom stereocenters. The monoisotopic (exact) mass is 200 g/mol. The third-order valence-corrected chi connectivity index (χ3v) is 1.93. The number of nitrogens with one attached hydrogen (secondary N) is 1. The van der Waals surface area contributed by atoms with Gasteiger partial charge in [-0.05, 0) is 0 Å². The molecule has 1 aromatic rings. The van der Waals surface area contributed by atoms with Gasteiger partial charge in [-0.2, -0.15) is 0 Å². The molecule has 6 heteroatoms. The van der Waals surface area contributed by atoms with E-state index in [1.807, 2.05) is 0 Å². The van der Waals surface area contributed by atoms with Gasteiger partial charge in [-0.1, -0.05) is 0 Å². The molecule has 12 heavy (non-hydrogen) atoms. The van der Waals surface area contributed by atoms with Crippen molar-refractivity contribution in [3.05, 3.63) is 16.6 Å². The molecule has 1 N–H and O–H groups in total. The van der Waals surface area contributed by atoms with Crippen LogP contribution in [0.5, 0.6) is 0 Å². The molecule has 1 aromatic heterocycles. The van der Waals surface area contributed by atoms with Crippen molar-refractivity contribution in [3.8, 4) is 5.63 Å². The zero-order valence-corrected chi connectivity index (χ0v) is 7.69. The van der Waals surface area contributed by atoms with E-state index in [1.165, 1.54) is 11.3 Å². The summed E-state index contributed by atoms with van der Waals surface area (Å²) in [5, 5.41) is 4.12. The Labute approximate surface area is 74.1 Å². The van der Waals surface area contributed by atoms with E-state index in [-0.39, 0.29) is 20.4 Å². The summed E-state index contributed by atoms with van der Waals surface area (Å²) in [5.41, 5.74) is 4.36. The molecular weight excluding hydrogens is 195 g/mol. The number of carbonyl (C=O) groups excluding carboxylic acids is 1. The van der Waals surface area contributed by atoms with Crippen LogP contribution in [0.25, 0.3) is 0 Å². The van der Waals surface area contributed by atoms with Gasteiger partial charge < -0.3 is 0 Å². The summed E-state index contributed by atoms with van der Waals surface area (Å²) >= 11 is 1.35. The van der Waals surface area contributed by atoms with Gasteiger partial charge in [0.2, 0.25) is 0 Å². The number of carbonyl (C=O) groups is 1. The molecule has 0 radical (unpaired) electrons. The van der Waals surface area contributed by atoms with Gasteiger partial charge in [-0.15, -0.1) is 0 Å². The van der Waals surface area contributed by atoms with Crippen molar-refractivity contribution < 1.29 is 9.36 Å². The maximum atomic E-state index is 11.1. The molecule has 0 bridgehead atoms. The molecule has 0 saturated carbocycles. The van der Waals surface area contributed by atoms with Crippen LogP contribution in [0, 0.1) is 5.63 Å². The Kier molecular flexibility index (Phi) is 3.74. The van der Waals surface area contributed by atoms with Crippen molar-refractivity contribution in [1.29, 1.82) is 0 Å². The standard InChI is InChI=1S/C6H5N2O2PS/c9-6(7-1-2-11-10)5-3-12-4-8-5/h3-4H,1H2,(H,7,9). The fourth-order valence-electron chi connectivity index (χ4n) is 0.567. The molecule has 0 aromatic carbocycles. The fourth-order valence-corrected chi connectivity index (χ4v) is 1.24. The van der Waals surface area contributed by atoms with Crippen LogP contribution in [0.15, 0.2) is 10.9 Å². The Hall–Kier alpha value is -0.890. The molecular formula is C6H5N2O2PS. The topological polar surface area (TPSA) is 59.1 Å². The molecule has 0 aliphatic rings. The van der Waals surface area contributed by atoms with Crippen LogP contribution >= 0.6 is 19.3 Å². The first-order valence-electron chi connectivity index (χ1n) is 3.06. The first kappa shape index (κ1) is 9.20.